The van der Waals surface area contributed by atoms with Crippen molar-refractivity contribution in [3.8, 4) is 0 Å². The Morgan fingerprint density at radius 3 is 2.47 bits per heavy atom. The number of hydrogen-bond acceptors (Lipinski definition) is 2. The van der Waals surface area contributed by atoms with Crippen molar-refractivity contribution in [1.29, 1.82) is 0 Å². The third-order valence-corrected chi connectivity index (χ3v) is 3.41. The largest absolute Gasteiger partial charge is 0.387 e. The molecular weight excluding hydrogens is 236 g/mol. The van der Waals surface area contributed by atoms with Gasteiger partial charge >= 0.3 is 0 Å². The number of hydrogen-bond donors (Lipinski definition) is 1. The maximum absolute atomic E-state index is 10.3. The van der Waals surface area contributed by atoms with E-state index in [0.29, 0.717) is 12.5 Å². The number of rotatable bonds is 5. The van der Waals surface area contributed by atoms with Crippen LogP contribution in [0.15, 0.2) is 36.7 Å². The monoisotopic (exact) mass is 258 g/mol. The first-order valence-corrected chi connectivity index (χ1v) is 6.89. The molecule has 0 bridgehead atoms. The molecule has 2 rings (SSSR count). The van der Waals surface area contributed by atoms with E-state index in [0.717, 1.165) is 17.8 Å². The average molecular weight is 258 g/mol. The predicted octanol–water partition coefficient (Wildman–Crippen LogP) is 3.30. The molecule has 0 aliphatic carbocycles. The molecule has 1 heterocycles. The molecule has 2 aromatic rings. The third kappa shape index (κ3) is 3.24. The van der Waals surface area contributed by atoms with Crippen molar-refractivity contribution in [2.75, 3.05) is 0 Å². The van der Waals surface area contributed by atoms with Gasteiger partial charge in [-0.15, -0.1) is 0 Å². The number of nitrogens with zero attached hydrogens (tertiary/aromatic N) is 2. The second-order valence-electron chi connectivity index (χ2n) is 5.20. The van der Waals surface area contributed by atoms with Gasteiger partial charge in [0.05, 0.1) is 12.6 Å². The molecule has 102 valence electrons. The molecule has 0 fully saturated rings. The summed E-state index contributed by atoms with van der Waals surface area (Å²) in [5.41, 5.74) is 2.25. The van der Waals surface area contributed by atoms with Crippen molar-refractivity contribution >= 4 is 0 Å². The maximum Gasteiger partial charge on any atom is 0.111 e. The van der Waals surface area contributed by atoms with Crippen LogP contribution in [0.2, 0.25) is 0 Å². The van der Waals surface area contributed by atoms with Gasteiger partial charge in [0.2, 0.25) is 0 Å². The number of imidazole rings is 1. The van der Waals surface area contributed by atoms with Crippen molar-refractivity contribution in [3.05, 3.63) is 53.6 Å². The zero-order valence-corrected chi connectivity index (χ0v) is 11.9. The summed E-state index contributed by atoms with van der Waals surface area (Å²) in [7, 11) is 0. The van der Waals surface area contributed by atoms with Crippen LogP contribution in [0.25, 0.3) is 0 Å². The Balaban J connectivity index is 2.11. The number of aliphatic hydroxyl groups excluding tert-OH is 1. The maximum atomic E-state index is 10.3. The Morgan fingerprint density at radius 1 is 1.21 bits per heavy atom. The van der Waals surface area contributed by atoms with E-state index in [1.54, 1.807) is 6.20 Å². The molecule has 0 saturated carbocycles. The zero-order chi connectivity index (χ0) is 13.8. The summed E-state index contributed by atoms with van der Waals surface area (Å²) in [6.45, 7) is 6.91. The van der Waals surface area contributed by atoms with Crippen LogP contribution in [0, 0.1) is 0 Å². The molecule has 1 aromatic carbocycles. The summed E-state index contributed by atoms with van der Waals surface area (Å²) in [6, 6.07) is 8.18. The van der Waals surface area contributed by atoms with E-state index in [4.69, 9.17) is 0 Å². The lowest BCUT2D eigenvalue weighted by atomic mass is 10.1. The van der Waals surface area contributed by atoms with Gasteiger partial charge in [0.25, 0.3) is 0 Å². The minimum absolute atomic E-state index is 0.365. The molecule has 1 N–H and O–H groups in total. The fraction of sp³-hybridized carbons (Fsp3) is 0.438. The highest BCUT2D eigenvalue weighted by Gasteiger charge is 2.12. The van der Waals surface area contributed by atoms with Crippen LogP contribution in [-0.2, 0) is 13.0 Å². The van der Waals surface area contributed by atoms with Crippen LogP contribution in [-0.4, -0.2) is 14.7 Å². The molecule has 0 aliphatic rings. The summed E-state index contributed by atoms with van der Waals surface area (Å²) in [5, 5.41) is 10.3. The van der Waals surface area contributed by atoms with Gasteiger partial charge in [0.15, 0.2) is 0 Å². The first-order chi connectivity index (χ1) is 9.11. The van der Waals surface area contributed by atoms with E-state index in [-0.39, 0.29) is 0 Å². The predicted molar refractivity (Wildman–Crippen MR) is 77.1 cm³/mol. The van der Waals surface area contributed by atoms with Crippen LogP contribution < -0.4 is 0 Å². The van der Waals surface area contributed by atoms with E-state index in [9.17, 15) is 5.11 Å². The summed E-state index contributed by atoms with van der Waals surface area (Å²) in [6.07, 6.45) is 4.26. The molecule has 0 spiro atoms. The average Bonchev–Trinajstić information content (AvgIpc) is 2.87. The smallest absolute Gasteiger partial charge is 0.111 e. The highest BCUT2D eigenvalue weighted by atomic mass is 16.3. The first-order valence-electron chi connectivity index (χ1n) is 6.89. The topological polar surface area (TPSA) is 38.0 Å². The minimum atomic E-state index is -0.488. The minimum Gasteiger partial charge on any atom is -0.387 e. The third-order valence-electron chi connectivity index (χ3n) is 3.41. The van der Waals surface area contributed by atoms with E-state index >= 15 is 0 Å². The molecule has 1 atom stereocenters. The molecular formula is C16H22N2O. The number of benzene rings is 1. The second kappa shape index (κ2) is 6.02. The molecule has 1 unspecified atom stereocenters. The lowest BCUT2D eigenvalue weighted by molar-refractivity contribution is 0.155. The molecule has 0 radical (unpaired) electrons. The molecule has 19 heavy (non-hydrogen) atoms. The van der Waals surface area contributed by atoms with Crippen molar-refractivity contribution in [2.45, 2.75) is 45.8 Å². The van der Waals surface area contributed by atoms with Crippen molar-refractivity contribution in [1.82, 2.24) is 9.55 Å². The fourth-order valence-electron chi connectivity index (χ4n) is 2.24. The quantitative estimate of drug-likeness (QED) is 0.893. The Bertz CT molecular complexity index is 514. The van der Waals surface area contributed by atoms with Gasteiger partial charge in [-0.25, -0.2) is 4.98 Å². The standard InChI is InChI=1S/C16H22N2O/c1-4-13-5-7-14(8-6-13)15(19)11-18-10-9-17-16(18)12(2)3/h5-10,12,15,19H,4,11H2,1-3H3. The van der Waals surface area contributed by atoms with Gasteiger partial charge in [-0.2, -0.15) is 0 Å². The summed E-state index contributed by atoms with van der Waals surface area (Å²) in [5.74, 6) is 1.38. The van der Waals surface area contributed by atoms with Gasteiger partial charge in [0.1, 0.15) is 5.82 Å². The normalized spacial score (nSPS) is 12.9. The number of aromatic nitrogens is 2. The number of aliphatic hydroxyl groups is 1. The second-order valence-corrected chi connectivity index (χ2v) is 5.20. The van der Waals surface area contributed by atoms with Gasteiger partial charge < -0.3 is 9.67 Å². The van der Waals surface area contributed by atoms with Crippen LogP contribution in [0.5, 0.6) is 0 Å². The summed E-state index contributed by atoms with van der Waals surface area (Å²) in [4.78, 5) is 4.34. The van der Waals surface area contributed by atoms with Crippen molar-refractivity contribution in [3.63, 3.8) is 0 Å². The van der Waals surface area contributed by atoms with Crippen molar-refractivity contribution in [2.24, 2.45) is 0 Å². The van der Waals surface area contributed by atoms with Gasteiger partial charge in [-0.3, -0.25) is 0 Å². The van der Waals surface area contributed by atoms with Crippen LogP contribution in [0.4, 0.5) is 0 Å². The van der Waals surface area contributed by atoms with E-state index in [1.807, 2.05) is 22.9 Å². The Kier molecular flexibility index (Phi) is 4.38. The highest BCUT2D eigenvalue weighted by molar-refractivity contribution is 5.24. The van der Waals surface area contributed by atoms with Crippen LogP contribution >= 0.6 is 0 Å². The molecule has 3 nitrogen and oxygen atoms in total. The Morgan fingerprint density at radius 2 is 1.89 bits per heavy atom. The molecule has 0 aliphatic heterocycles. The molecule has 0 amide bonds. The van der Waals surface area contributed by atoms with Gasteiger partial charge in [0, 0.05) is 18.3 Å². The van der Waals surface area contributed by atoms with Crippen LogP contribution in [0.1, 0.15) is 49.7 Å². The SMILES string of the molecule is CCc1ccc(C(O)Cn2ccnc2C(C)C)cc1. The van der Waals surface area contributed by atoms with Gasteiger partial charge in [-0.1, -0.05) is 45.0 Å². The molecule has 3 heteroatoms. The van der Waals surface area contributed by atoms with Crippen LogP contribution in [0.3, 0.4) is 0 Å². The van der Waals surface area contributed by atoms with E-state index in [1.165, 1.54) is 5.56 Å². The van der Waals surface area contributed by atoms with E-state index in [2.05, 4.69) is 37.9 Å². The van der Waals surface area contributed by atoms with E-state index < -0.39 is 6.10 Å². The Hall–Kier alpha value is -1.61. The lowest BCUT2D eigenvalue weighted by Gasteiger charge is -2.15. The first kappa shape index (κ1) is 13.8. The molecule has 1 aromatic heterocycles. The summed E-state index contributed by atoms with van der Waals surface area (Å²) >= 11 is 0. The fourth-order valence-corrected chi connectivity index (χ4v) is 2.24. The lowest BCUT2D eigenvalue weighted by Crippen LogP contribution is -2.12. The van der Waals surface area contributed by atoms with Gasteiger partial charge in [-0.05, 0) is 17.5 Å². The van der Waals surface area contributed by atoms with Crippen molar-refractivity contribution < 1.29 is 5.11 Å². The number of aryl methyl sites for hydroxylation is 1. The zero-order valence-electron chi connectivity index (χ0n) is 11.9. The highest BCUT2D eigenvalue weighted by Crippen LogP contribution is 2.19. The summed E-state index contributed by atoms with van der Waals surface area (Å²) < 4.78 is 2.03. The molecule has 0 saturated heterocycles. The Labute approximate surface area is 114 Å².